The molecular formula is C18H27F3N2. The topological polar surface area (TPSA) is 24.7 Å². The number of rotatable bonds is 6. The van der Waals surface area contributed by atoms with Crippen molar-refractivity contribution in [3.05, 3.63) is 22.4 Å². The molecule has 23 heavy (non-hydrogen) atoms. The smallest absolute Gasteiger partial charge is 0.288 e. The minimum Gasteiger partial charge on any atom is -0.288 e. The first-order valence-corrected chi connectivity index (χ1v) is 8.31. The highest BCUT2D eigenvalue weighted by Gasteiger charge is 2.33. The van der Waals surface area contributed by atoms with Gasteiger partial charge in [-0.1, -0.05) is 25.0 Å². The van der Waals surface area contributed by atoms with E-state index in [1.165, 1.54) is 6.92 Å². The van der Waals surface area contributed by atoms with Crippen LogP contribution in [0.1, 0.15) is 66.2 Å². The molecule has 0 unspecified atom stereocenters. The summed E-state index contributed by atoms with van der Waals surface area (Å²) < 4.78 is 39.4. The minimum atomic E-state index is -4.37. The van der Waals surface area contributed by atoms with Crippen LogP contribution in [-0.2, 0) is 0 Å². The Morgan fingerprint density at radius 2 is 1.61 bits per heavy atom. The SMILES string of the molecule is CC/C(C)=C(CN=C1CCCC1)/N=C\C(=C(\C)CC)C(F)(F)F. The van der Waals surface area contributed by atoms with Crippen LogP contribution in [0.5, 0.6) is 0 Å². The van der Waals surface area contributed by atoms with Crippen molar-refractivity contribution in [1.82, 2.24) is 0 Å². The molecule has 1 saturated carbocycles. The monoisotopic (exact) mass is 328 g/mol. The molecule has 1 rings (SSSR count). The van der Waals surface area contributed by atoms with Gasteiger partial charge in [0.05, 0.1) is 17.8 Å². The van der Waals surface area contributed by atoms with Crippen molar-refractivity contribution in [1.29, 1.82) is 0 Å². The average molecular weight is 328 g/mol. The number of allylic oxidation sites excluding steroid dienone is 3. The summed E-state index contributed by atoms with van der Waals surface area (Å²) in [5, 5.41) is 0. The van der Waals surface area contributed by atoms with Crippen molar-refractivity contribution in [3.63, 3.8) is 0 Å². The van der Waals surface area contributed by atoms with Crippen LogP contribution in [0.25, 0.3) is 0 Å². The van der Waals surface area contributed by atoms with Gasteiger partial charge in [0, 0.05) is 11.9 Å². The van der Waals surface area contributed by atoms with Gasteiger partial charge < -0.3 is 0 Å². The summed E-state index contributed by atoms with van der Waals surface area (Å²) in [6.07, 6.45) is 2.05. The summed E-state index contributed by atoms with van der Waals surface area (Å²) in [6, 6.07) is 0. The lowest BCUT2D eigenvalue weighted by atomic mass is 10.1. The Kier molecular flexibility index (Phi) is 7.73. The second-order valence-electron chi connectivity index (χ2n) is 5.97. The highest BCUT2D eigenvalue weighted by atomic mass is 19.4. The Balaban J connectivity index is 3.02. The molecule has 0 aliphatic heterocycles. The summed E-state index contributed by atoms with van der Waals surface area (Å²) in [7, 11) is 0. The fraction of sp³-hybridized carbons (Fsp3) is 0.667. The molecule has 1 aliphatic rings. The van der Waals surface area contributed by atoms with Gasteiger partial charge in [-0.05, 0) is 52.4 Å². The molecule has 0 spiro atoms. The van der Waals surface area contributed by atoms with Crippen molar-refractivity contribution in [2.24, 2.45) is 9.98 Å². The van der Waals surface area contributed by atoms with Gasteiger partial charge in [-0.15, -0.1) is 0 Å². The molecule has 0 heterocycles. The zero-order valence-corrected chi connectivity index (χ0v) is 14.6. The molecule has 0 saturated heterocycles. The van der Waals surface area contributed by atoms with E-state index < -0.39 is 11.7 Å². The Hall–Kier alpha value is -1.39. The third kappa shape index (κ3) is 6.32. The average Bonchev–Trinajstić information content (AvgIpc) is 3.01. The Bertz CT molecular complexity index is 515. The first-order valence-electron chi connectivity index (χ1n) is 8.31. The van der Waals surface area contributed by atoms with Crippen LogP contribution in [0.15, 0.2) is 32.4 Å². The second-order valence-corrected chi connectivity index (χ2v) is 5.97. The van der Waals surface area contributed by atoms with Crippen molar-refractivity contribution in [2.75, 3.05) is 6.54 Å². The number of hydrogen-bond acceptors (Lipinski definition) is 2. The van der Waals surface area contributed by atoms with Crippen LogP contribution in [0.4, 0.5) is 13.2 Å². The van der Waals surface area contributed by atoms with E-state index in [1.54, 1.807) is 6.92 Å². The van der Waals surface area contributed by atoms with Crippen LogP contribution in [-0.4, -0.2) is 24.6 Å². The quantitative estimate of drug-likeness (QED) is 0.531. The van der Waals surface area contributed by atoms with Crippen molar-refractivity contribution >= 4 is 11.9 Å². The molecule has 0 aromatic rings. The van der Waals surface area contributed by atoms with Crippen LogP contribution in [0.3, 0.4) is 0 Å². The van der Waals surface area contributed by atoms with E-state index in [2.05, 4.69) is 9.98 Å². The predicted octanol–water partition coefficient (Wildman–Crippen LogP) is 6.05. The normalized spacial score (nSPS) is 18.3. The lowest BCUT2D eigenvalue weighted by Crippen LogP contribution is -2.15. The van der Waals surface area contributed by atoms with Crippen molar-refractivity contribution in [3.8, 4) is 0 Å². The summed E-state index contributed by atoms with van der Waals surface area (Å²) in [6.45, 7) is 7.48. The van der Waals surface area contributed by atoms with Crippen molar-refractivity contribution < 1.29 is 13.2 Å². The van der Waals surface area contributed by atoms with Gasteiger partial charge >= 0.3 is 6.18 Å². The maximum absolute atomic E-state index is 13.1. The van der Waals surface area contributed by atoms with E-state index in [1.807, 2.05) is 13.8 Å². The van der Waals surface area contributed by atoms with Gasteiger partial charge in [-0.25, -0.2) is 0 Å². The second kappa shape index (κ2) is 9.04. The molecule has 0 aromatic heterocycles. The first kappa shape index (κ1) is 19.7. The summed E-state index contributed by atoms with van der Waals surface area (Å²) in [4.78, 5) is 8.71. The maximum Gasteiger partial charge on any atom is 0.417 e. The molecular weight excluding hydrogens is 301 g/mol. The molecule has 0 aromatic carbocycles. The molecule has 0 bridgehead atoms. The molecule has 0 radical (unpaired) electrons. The zero-order chi connectivity index (χ0) is 17.5. The first-order chi connectivity index (χ1) is 10.8. The zero-order valence-electron chi connectivity index (χ0n) is 14.6. The lowest BCUT2D eigenvalue weighted by Gasteiger charge is -2.11. The highest BCUT2D eigenvalue weighted by molar-refractivity contribution is 5.86. The van der Waals surface area contributed by atoms with E-state index in [4.69, 9.17) is 0 Å². The largest absolute Gasteiger partial charge is 0.417 e. The minimum absolute atomic E-state index is 0.303. The lowest BCUT2D eigenvalue weighted by molar-refractivity contribution is -0.0864. The summed E-state index contributed by atoms with van der Waals surface area (Å²) >= 11 is 0. The van der Waals surface area contributed by atoms with Crippen LogP contribution >= 0.6 is 0 Å². The van der Waals surface area contributed by atoms with Gasteiger partial charge in [0.25, 0.3) is 0 Å². The van der Waals surface area contributed by atoms with Gasteiger partial charge in [0.1, 0.15) is 0 Å². The molecule has 1 aliphatic carbocycles. The standard InChI is InChI=1S/C18H27F3N2/c1-5-13(3)16(18(19,20)21)11-23-17(14(4)6-2)12-22-15-9-7-8-10-15/h11H,5-10,12H2,1-4H3/b16-13+,17-14+,23-11-. The predicted molar refractivity (Wildman–Crippen MR) is 91.3 cm³/mol. The third-order valence-corrected chi connectivity index (χ3v) is 4.30. The Morgan fingerprint density at radius 3 is 2.09 bits per heavy atom. The summed E-state index contributed by atoms with van der Waals surface area (Å²) in [5.74, 6) is 0. The van der Waals surface area contributed by atoms with E-state index in [-0.39, 0.29) is 0 Å². The molecule has 0 atom stereocenters. The molecule has 2 nitrogen and oxygen atoms in total. The number of aliphatic imine (C=N–C) groups is 2. The van der Waals surface area contributed by atoms with E-state index in [0.29, 0.717) is 24.2 Å². The number of nitrogens with zero attached hydrogens (tertiary/aromatic N) is 2. The summed E-state index contributed by atoms with van der Waals surface area (Å²) in [5.41, 5.74) is 2.46. The van der Waals surface area contributed by atoms with Crippen LogP contribution < -0.4 is 0 Å². The Morgan fingerprint density at radius 1 is 1.04 bits per heavy atom. The number of alkyl halides is 3. The van der Waals surface area contributed by atoms with Gasteiger partial charge in [0.2, 0.25) is 0 Å². The highest BCUT2D eigenvalue weighted by Crippen LogP contribution is 2.28. The van der Waals surface area contributed by atoms with Crippen LogP contribution in [0, 0.1) is 0 Å². The molecule has 0 amide bonds. The van der Waals surface area contributed by atoms with E-state index in [9.17, 15) is 13.2 Å². The van der Waals surface area contributed by atoms with E-state index in [0.717, 1.165) is 49.6 Å². The van der Waals surface area contributed by atoms with Crippen LogP contribution in [0.2, 0.25) is 0 Å². The fourth-order valence-corrected chi connectivity index (χ4v) is 2.38. The fourth-order valence-electron chi connectivity index (χ4n) is 2.38. The Labute approximate surface area is 137 Å². The maximum atomic E-state index is 13.1. The van der Waals surface area contributed by atoms with Crippen molar-refractivity contribution in [2.45, 2.75) is 72.4 Å². The molecule has 1 fully saturated rings. The van der Waals surface area contributed by atoms with E-state index >= 15 is 0 Å². The molecule has 5 heteroatoms. The van der Waals surface area contributed by atoms with Gasteiger partial charge in [0.15, 0.2) is 0 Å². The third-order valence-electron chi connectivity index (χ3n) is 4.30. The molecule has 0 N–H and O–H groups in total. The number of hydrogen-bond donors (Lipinski definition) is 0. The number of halogens is 3. The van der Waals surface area contributed by atoms with Gasteiger partial charge in [-0.3, -0.25) is 9.98 Å². The molecule has 130 valence electrons. The van der Waals surface area contributed by atoms with Gasteiger partial charge in [-0.2, -0.15) is 13.2 Å².